The lowest BCUT2D eigenvalue weighted by Crippen LogP contribution is -1.96. The van der Waals surface area contributed by atoms with Crippen LogP contribution in [0.4, 0.5) is 0 Å². The van der Waals surface area contributed by atoms with E-state index in [4.69, 9.17) is 0 Å². The van der Waals surface area contributed by atoms with Crippen LogP contribution >= 0.6 is 0 Å². The Morgan fingerprint density at radius 2 is 1.92 bits per heavy atom. The maximum atomic E-state index is 4.34. The van der Waals surface area contributed by atoms with Gasteiger partial charge in [-0.1, -0.05) is 6.92 Å². The summed E-state index contributed by atoms with van der Waals surface area (Å²) in [6.45, 7) is 6.06. The topological polar surface area (TPSA) is 43.1 Å². The molecule has 0 bridgehead atoms. The Kier molecular flexibility index (Phi) is 1.90. The van der Waals surface area contributed by atoms with E-state index in [0.717, 1.165) is 17.6 Å². The van der Waals surface area contributed by atoms with Gasteiger partial charge >= 0.3 is 0 Å². The van der Waals surface area contributed by atoms with Crippen LogP contribution in [0.1, 0.15) is 25.0 Å². The number of aryl methyl sites for hydroxylation is 2. The molecule has 2 unspecified atom stereocenters. The fraction of sp³-hybridized carbons (Fsp3) is 0.667. The standard InChI is InChI=1S/C9H14N4/c1-6-4-9(6)5-10-13-7(2)11-12-8(13)3/h5-6,9H,4H2,1-3H3/b10-5+. The minimum Gasteiger partial charge on any atom is -0.202 e. The van der Waals surface area contributed by atoms with Gasteiger partial charge in [-0.3, -0.25) is 0 Å². The van der Waals surface area contributed by atoms with Crippen molar-refractivity contribution in [1.29, 1.82) is 0 Å². The highest BCUT2D eigenvalue weighted by atomic mass is 15.4. The molecule has 2 atom stereocenters. The van der Waals surface area contributed by atoms with E-state index in [-0.39, 0.29) is 0 Å². The summed E-state index contributed by atoms with van der Waals surface area (Å²) in [5.74, 6) is 3.17. The minimum absolute atomic E-state index is 0.668. The molecule has 70 valence electrons. The highest BCUT2D eigenvalue weighted by Crippen LogP contribution is 2.35. The summed E-state index contributed by atoms with van der Waals surface area (Å²) in [5.41, 5.74) is 0. The molecule has 1 fully saturated rings. The van der Waals surface area contributed by atoms with E-state index in [9.17, 15) is 0 Å². The molecule has 0 aliphatic heterocycles. The van der Waals surface area contributed by atoms with Crippen molar-refractivity contribution in [2.45, 2.75) is 27.2 Å². The predicted molar refractivity (Wildman–Crippen MR) is 50.7 cm³/mol. The summed E-state index contributed by atoms with van der Waals surface area (Å²) in [6.07, 6.45) is 3.28. The molecule has 2 rings (SSSR count). The third-order valence-corrected chi connectivity index (χ3v) is 2.50. The van der Waals surface area contributed by atoms with Crippen LogP contribution in [-0.4, -0.2) is 21.1 Å². The van der Waals surface area contributed by atoms with Crippen LogP contribution in [0.15, 0.2) is 5.10 Å². The molecule has 1 saturated carbocycles. The van der Waals surface area contributed by atoms with E-state index in [1.165, 1.54) is 6.42 Å². The van der Waals surface area contributed by atoms with Gasteiger partial charge in [-0.2, -0.15) is 5.10 Å². The molecule has 1 aliphatic carbocycles. The third-order valence-electron chi connectivity index (χ3n) is 2.50. The second-order valence-electron chi connectivity index (χ2n) is 3.75. The van der Waals surface area contributed by atoms with Gasteiger partial charge in [-0.25, -0.2) is 4.68 Å². The predicted octanol–water partition coefficient (Wildman–Crippen LogP) is 1.38. The zero-order chi connectivity index (χ0) is 9.42. The molecule has 1 heterocycles. The third kappa shape index (κ3) is 1.61. The average molecular weight is 178 g/mol. The summed E-state index contributed by atoms with van der Waals surface area (Å²) in [6, 6.07) is 0. The van der Waals surface area contributed by atoms with Gasteiger partial charge in [0.15, 0.2) is 11.6 Å². The van der Waals surface area contributed by atoms with Crippen LogP contribution in [-0.2, 0) is 0 Å². The molecular formula is C9H14N4. The Labute approximate surface area is 77.7 Å². The van der Waals surface area contributed by atoms with E-state index >= 15 is 0 Å². The first-order valence-electron chi connectivity index (χ1n) is 4.61. The lowest BCUT2D eigenvalue weighted by molar-refractivity contribution is 0.789. The lowest BCUT2D eigenvalue weighted by Gasteiger charge is -1.95. The Morgan fingerprint density at radius 1 is 1.38 bits per heavy atom. The molecule has 0 saturated heterocycles. The average Bonchev–Trinajstić information content (AvgIpc) is 2.69. The van der Waals surface area contributed by atoms with Crippen molar-refractivity contribution in [2.75, 3.05) is 0 Å². The van der Waals surface area contributed by atoms with Gasteiger partial charge in [0.25, 0.3) is 0 Å². The van der Waals surface area contributed by atoms with Crippen molar-refractivity contribution in [1.82, 2.24) is 14.9 Å². The Hall–Kier alpha value is -1.19. The Bertz CT molecular complexity index is 320. The number of hydrogen-bond donors (Lipinski definition) is 0. The minimum atomic E-state index is 0.668. The first-order valence-corrected chi connectivity index (χ1v) is 4.61. The largest absolute Gasteiger partial charge is 0.202 e. The van der Waals surface area contributed by atoms with E-state index in [2.05, 4.69) is 22.2 Å². The highest BCUT2D eigenvalue weighted by molar-refractivity contribution is 5.64. The smallest absolute Gasteiger partial charge is 0.151 e. The lowest BCUT2D eigenvalue weighted by atomic mass is 10.4. The van der Waals surface area contributed by atoms with Crippen LogP contribution in [0.2, 0.25) is 0 Å². The highest BCUT2D eigenvalue weighted by Gasteiger charge is 2.30. The number of hydrogen-bond acceptors (Lipinski definition) is 3. The quantitative estimate of drug-likeness (QED) is 0.642. The van der Waals surface area contributed by atoms with Crippen LogP contribution in [0.5, 0.6) is 0 Å². The SMILES string of the molecule is Cc1nnc(C)n1/N=C/C1CC1C. The molecule has 4 heteroatoms. The van der Waals surface area contributed by atoms with Gasteiger partial charge in [0.05, 0.1) is 0 Å². The van der Waals surface area contributed by atoms with Crippen LogP contribution in [0, 0.1) is 25.7 Å². The summed E-state index contributed by atoms with van der Waals surface area (Å²) >= 11 is 0. The molecule has 0 radical (unpaired) electrons. The fourth-order valence-corrected chi connectivity index (χ4v) is 1.34. The summed E-state index contributed by atoms with van der Waals surface area (Å²) in [5, 5.41) is 12.2. The first kappa shape index (κ1) is 8.41. The molecule has 0 amide bonds. The van der Waals surface area contributed by atoms with E-state index in [1.54, 1.807) is 4.68 Å². The van der Waals surface area contributed by atoms with Gasteiger partial charge in [-0.15, -0.1) is 10.2 Å². The maximum absolute atomic E-state index is 4.34. The van der Waals surface area contributed by atoms with Gasteiger partial charge < -0.3 is 0 Å². The molecule has 4 nitrogen and oxygen atoms in total. The van der Waals surface area contributed by atoms with Gasteiger partial charge in [0, 0.05) is 6.21 Å². The molecule has 1 aliphatic rings. The van der Waals surface area contributed by atoms with Crippen LogP contribution in [0.3, 0.4) is 0 Å². The van der Waals surface area contributed by atoms with Crippen molar-refractivity contribution in [3.63, 3.8) is 0 Å². The van der Waals surface area contributed by atoms with Crippen molar-refractivity contribution < 1.29 is 0 Å². The van der Waals surface area contributed by atoms with Crippen LogP contribution < -0.4 is 0 Å². The molecule has 1 aromatic heterocycles. The van der Waals surface area contributed by atoms with Gasteiger partial charge in [-0.05, 0) is 32.1 Å². The molecule has 0 N–H and O–H groups in total. The van der Waals surface area contributed by atoms with E-state index < -0.39 is 0 Å². The maximum Gasteiger partial charge on any atom is 0.151 e. The molecular weight excluding hydrogens is 164 g/mol. The van der Waals surface area contributed by atoms with E-state index in [1.807, 2.05) is 20.1 Å². The number of aromatic nitrogens is 3. The first-order chi connectivity index (χ1) is 6.18. The monoisotopic (exact) mass is 178 g/mol. The van der Waals surface area contributed by atoms with Gasteiger partial charge in [0.1, 0.15) is 0 Å². The van der Waals surface area contributed by atoms with Crippen molar-refractivity contribution >= 4 is 6.21 Å². The zero-order valence-corrected chi connectivity index (χ0v) is 8.23. The second kappa shape index (κ2) is 2.94. The van der Waals surface area contributed by atoms with Crippen LogP contribution in [0.25, 0.3) is 0 Å². The molecule has 0 spiro atoms. The molecule has 0 aromatic carbocycles. The van der Waals surface area contributed by atoms with E-state index in [0.29, 0.717) is 5.92 Å². The number of nitrogens with zero attached hydrogens (tertiary/aromatic N) is 4. The normalized spacial score (nSPS) is 27.0. The van der Waals surface area contributed by atoms with Crippen molar-refractivity contribution in [3.8, 4) is 0 Å². The molecule has 1 aromatic rings. The van der Waals surface area contributed by atoms with Crippen molar-refractivity contribution in [2.24, 2.45) is 16.9 Å². The zero-order valence-electron chi connectivity index (χ0n) is 8.23. The summed E-state index contributed by atoms with van der Waals surface area (Å²) < 4.78 is 1.78. The second-order valence-corrected chi connectivity index (χ2v) is 3.75. The Morgan fingerprint density at radius 3 is 2.38 bits per heavy atom. The summed E-state index contributed by atoms with van der Waals surface area (Å²) in [4.78, 5) is 0. The fourth-order valence-electron chi connectivity index (χ4n) is 1.34. The van der Waals surface area contributed by atoms with Crippen molar-refractivity contribution in [3.05, 3.63) is 11.6 Å². The van der Waals surface area contributed by atoms with Gasteiger partial charge in [0.2, 0.25) is 0 Å². The summed E-state index contributed by atoms with van der Waals surface area (Å²) in [7, 11) is 0. The molecule has 13 heavy (non-hydrogen) atoms. The Balaban J connectivity index is 2.12. The number of rotatable bonds is 2.